The van der Waals surface area contributed by atoms with Gasteiger partial charge >= 0.3 is 0 Å². The summed E-state index contributed by atoms with van der Waals surface area (Å²) in [5.41, 5.74) is 0. The lowest BCUT2D eigenvalue weighted by Crippen LogP contribution is -2.26. The van der Waals surface area contributed by atoms with Crippen LogP contribution in [0, 0.1) is 5.92 Å². The van der Waals surface area contributed by atoms with Crippen LogP contribution in [0.25, 0.3) is 0 Å². The van der Waals surface area contributed by atoms with Crippen molar-refractivity contribution in [2.45, 2.75) is 24.1 Å². The van der Waals surface area contributed by atoms with Crippen LogP contribution >= 0.6 is 11.3 Å². The van der Waals surface area contributed by atoms with Crippen molar-refractivity contribution in [3.8, 4) is 0 Å². The molecule has 20 heavy (non-hydrogen) atoms. The van der Waals surface area contributed by atoms with Gasteiger partial charge in [-0.05, 0) is 31.8 Å². The van der Waals surface area contributed by atoms with Crippen molar-refractivity contribution in [1.29, 1.82) is 0 Å². The van der Waals surface area contributed by atoms with E-state index in [9.17, 15) is 13.2 Å². The average Bonchev–Trinajstić information content (AvgIpc) is 2.99. The molecule has 1 aliphatic heterocycles. The Morgan fingerprint density at radius 1 is 1.50 bits per heavy atom. The molecule has 0 spiro atoms. The molecule has 2 heterocycles. The molecule has 1 atom stereocenters. The largest absolute Gasteiger partial charge is 0.316 e. The van der Waals surface area contributed by atoms with Crippen molar-refractivity contribution in [1.82, 2.24) is 20.2 Å². The maximum absolute atomic E-state index is 12.0. The quantitative estimate of drug-likeness (QED) is 0.625. The number of aromatic nitrogens is 2. The average molecular weight is 319 g/mol. The Morgan fingerprint density at radius 2 is 2.30 bits per heavy atom. The fourth-order valence-corrected chi connectivity index (χ4v) is 3.97. The number of nitrogens with zero attached hydrogens (tertiary/aromatic N) is 2. The Kier molecular flexibility index (Phi) is 5.02. The smallest absolute Gasteiger partial charge is 0.269 e. The van der Waals surface area contributed by atoms with E-state index in [0.717, 1.165) is 37.3 Å². The van der Waals surface area contributed by atoms with Crippen molar-refractivity contribution in [3.05, 3.63) is 0 Å². The van der Waals surface area contributed by atoms with Crippen molar-refractivity contribution < 1.29 is 13.2 Å². The van der Waals surface area contributed by atoms with Gasteiger partial charge < -0.3 is 10.6 Å². The summed E-state index contributed by atoms with van der Waals surface area (Å²) in [6.45, 7) is 3.63. The summed E-state index contributed by atoms with van der Waals surface area (Å²) in [6, 6.07) is 0. The van der Waals surface area contributed by atoms with Crippen molar-refractivity contribution in [2.24, 2.45) is 5.92 Å². The third-order valence-corrected chi connectivity index (χ3v) is 5.59. The van der Waals surface area contributed by atoms with Gasteiger partial charge in [0.15, 0.2) is 0 Å². The highest BCUT2D eigenvalue weighted by molar-refractivity contribution is 7.91. The Bertz CT molecular complexity index is 565. The highest BCUT2D eigenvalue weighted by Gasteiger charge is 2.21. The second-order valence-corrected chi connectivity index (χ2v) is 7.52. The number of hydrogen-bond donors (Lipinski definition) is 3. The zero-order valence-corrected chi connectivity index (χ0v) is 12.7. The first-order valence-corrected chi connectivity index (χ1v) is 8.59. The van der Waals surface area contributed by atoms with Crippen LogP contribution in [0.15, 0.2) is 4.34 Å². The molecule has 0 radical (unpaired) electrons. The molecule has 0 aromatic carbocycles. The number of amides is 1. The number of sulfonamides is 1. The van der Waals surface area contributed by atoms with E-state index in [4.69, 9.17) is 0 Å². The van der Waals surface area contributed by atoms with Crippen LogP contribution in [0.1, 0.15) is 19.8 Å². The number of nitrogens with one attached hydrogen (secondary N) is 3. The SMILES string of the molecule is CC(=O)Nc1nnc(S(=O)(=O)NCCC2CCNC2)s1. The van der Waals surface area contributed by atoms with E-state index in [1.165, 1.54) is 6.92 Å². The monoisotopic (exact) mass is 319 g/mol. The molecule has 10 heteroatoms. The summed E-state index contributed by atoms with van der Waals surface area (Å²) < 4.78 is 26.3. The first-order chi connectivity index (χ1) is 9.47. The molecule has 1 fully saturated rings. The lowest BCUT2D eigenvalue weighted by molar-refractivity contribution is -0.114. The zero-order valence-electron chi connectivity index (χ0n) is 11.0. The first kappa shape index (κ1) is 15.3. The molecule has 1 aromatic rings. The van der Waals surface area contributed by atoms with Crippen LogP contribution in [-0.2, 0) is 14.8 Å². The number of anilines is 1. The standard InChI is InChI=1S/C10H17N5O3S2/c1-7(16)13-9-14-15-10(19-9)20(17,18)12-5-3-8-2-4-11-6-8/h8,11-12H,2-6H2,1H3,(H,13,14,16). The number of carbonyl (C=O) groups excluding carboxylic acids is 1. The maximum Gasteiger partial charge on any atom is 0.269 e. The molecular formula is C10H17N5O3S2. The van der Waals surface area contributed by atoms with E-state index in [2.05, 4.69) is 25.6 Å². The van der Waals surface area contributed by atoms with Gasteiger partial charge in [-0.1, -0.05) is 11.3 Å². The summed E-state index contributed by atoms with van der Waals surface area (Å²) >= 11 is 0.834. The summed E-state index contributed by atoms with van der Waals surface area (Å²) in [6.07, 6.45) is 1.87. The van der Waals surface area contributed by atoms with E-state index < -0.39 is 10.0 Å². The molecule has 1 unspecified atom stereocenters. The van der Waals surface area contributed by atoms with Crippen molar-refractivity contribution in [2.75, 3.05) is 25.0 Å². The van der Waals surface area contributed by atoms with Gasteiger partial charge in [-0.2, -0.15) is 0 Å². The third kappa shape index (κ3) is 4.20. The van der Waals surface area contributed by atoms with Crippen LogP contribution in [-0.4, -0.2) is 44.2 Å². The van der Waals surface area contributed by atoms with Gasteiger partial charge in [0, 0.05) is 13.5 Å². The summed E-state index contributed by atoms with van der Waals surface area (Å²) in [7, 11) is -3.64. The number of hydrogen-bond acceptors (Lipinski definition) is 7. The molecule has 0 saturated carbocycles. The molecule has 0 aliphatic carbocycles. The molecule has 112 valence electrons. The lowest BCUT2D eigenvalue weighted by atomic mass is 10.1. The number of rotatable bonds is 6. The van der Waals surface area contributed by atoms with Gasteiger partial charge in [0.2, 0.25) is 15.4 Å². The van der Waals surface area contributed by atoms with Gasteiger partial charge in [-0.25, -0.2) is 13.1 Å². The first-order valence-electron chi connectivity index (χ1n) is 6.29. The molecule has 1 saturated heterocycles. The highest BCUT2D eigenvalue weighted by Crippen LogP contribution is 2.19. The van der Waals surface area contributed by atoms with Crippen LogP contribution in [0.3, 0.4) is 0 Å². The predicted octanol–water partition coefficient (Wildman–Crippen LogP) is -0.226. The second-order valence-electron chi connectivity index (χ2n) is 4.60. The third-order valence-electron chi connectivity index (χ3n) is 2.93. The van der Waals surface area contributed by atoms with Crippen LogP contribution in [0.4, 0.5) is 5.13 Å². The molecule has 2 rings (SSSR count). The van der Waals surface area contributed by atoms with Gasteiger partial charge in [0.1, 0.15) is 0 Å². The molecule has 1 aliphatic rings. The Hall–Kier alpha value is -1.10. The fraction of sp³-hybridized carbons (Fsp3) is 0.700. The molecular weight excluding hydrogens is 302 g/mol. The van der Waals surface area contributed by atoms with Gasteiger partial charge in [-0.15, -0.1) is 10.2 Å². The maximum atomic E-state index is 12.0. The van der Waals surface area contributed by atoms with E-state index in [1.54, 1.807) is 0 Å². The molecule has 1 aromatic heterocycles. The fourth-order valence-electron chi connectivity index (χ4n) is 1.94. The highest BCUT2D eigenvalue weighted by atomic mass is 32.2. The van der Waals surface area contributed by atoms with Gasteiger partial charge in [-0.3, -0.25) is 4.79 Å². The minimum atomic E-state index is -3.64. The summed E-state index contributed by atoms with van der Waals surface area (Å²) in [4.78, 5) is 10.8. The van der Waals surface area contributed by atoms with Crippen molar-refractivity contribution in [3.63, 3.8) is 0 Å². The lowest BCUT2D eigenvalue weighted by Gasteiger charge is -2.08. The summed E-state index contributed by atoms with van der Waals surface area (Å²) in [5.74, 6) is 0.203. The second kappa shape index (κ2) is 6.57. The van der Waals surface area contributed by atoms with Gasteiger partial charge in [0.25, 0.3) is 10.0 Å². The topological polar surface area (TPSA) is 113 Å². The summed E-state index contributed by atoms with van der Waals surface area (Å²) in [5, 5.41) is 13.0. The van der Waals surface area contributed by atoms with E-state index >= 15 is 0 Å². The van der Waals surface area contributed by atoms with E-state index in [0.29, 0.717) is 12.5 Å². The minimum Gasteiger partial charge on any atom is -0.316 e. The predicted molar refractivity (Wildman–Crippen MR) is 75.0 cm³/mol. The molecule has 8 nitrogen and oxygen atoms in total. The van der Waals surface area contributed by atoms with E-state index in [-0.39, 0.29) is 15.4 Å². The Balaban J connectivity index is 1.88. The zero-order chi connectivity index (χ0) is 14.6. The molecule has 1 amide bonds. The normalized spacial score (nSPS) is 19.1. The minimum absolute atomic E-state index is 0.134. The van der Waals surface area contributed by atoms with Crippen molar-refractivity contribution >= 4 is 32.4 Å². The Morgan fingerprint density at radius 3 is 2.95 bits per heavy atom. The molecule has 0 bridgehead atoms. The van der Waals surface area contributed by atoms with E-state index in [1.807, 2.05) is 0 Å². The molecule has 3 N–H and O–H groups in total. The number of carbonyl (C=O) groups is 1. The van der Waals surface area contributed by atoms with Crippen LogP contribution in [0.2, 0.25) is 0 Å². The van der Waals surface area contributed by atoms with Crippen LogP contribution < -0.4 is 15.4 Å². The Labute approximate surface area is 121 Å². The van der Waals surface area contributed by atoms with Gasteiger partial charge in [0.05, 0.1) is 0 Å². The van der Waals surface area contributed by atoms with Crippen LogP contribution in [0.5, 0.6) is 0 Å².